The molecule has 0 saturated heterocycles. The molecule has 0 aromatic heterocycles. The fourth-order valence-electron chi connectivity index (χ4n) is 2.56. The number of likely N-dealkylation sites (N-methyl/N-ethyl adjacent to an activating group) is 2. The predicted molar refractivity (Wildman–Crippen MR) is 109 cm³/mol. The van der Waals surface area contributed by atoms with Gasteiger partial charge in [0.15, 0.2) is 5.82 Å². The summed E-state index contributed by atoms with van der Waals surface area (Å²) in [5.74, 6) is 0.0457. The highest BCUT2D eigenvalue weighted by Crippen LogP contribution is 2.26. The van der Waals surface area contributed by atoms with Crippen molar-refractivity contribution in [3.05, 3.63) is 53.3 Å². The highest BCUT2D eigenvalue weighted by Gasteiger charge is 2.20. The van der Waals surface area contributed by atoms with Gasteiger partial charge in [-0.15, -0.1) is 0 Å². The minimum atomic E-state index is -0.516. The van der Waals surface area contributed by atoms with Gasteiger partial charge in [-0.25, -0.2) is 4.39 Å². The first-order chi connectivity index (χ1) is 12.8. The molecule has 0 aliphatic carbocycles. The topological polar surface area (TPSA) is 36.0 Å². The molecule has 146 valence electrons. The molecule has 0 spiro atoms. The molecule has 0 heterocycles. The van der Waals surface area contributed by atoms with Crippen molar-refractivity contribution < 1.29 is 13.9 Å². The number of nitrogens with zero attached hydrogens (tertiary/aromatic N) is 3. The first-order valence-electron chi connectivity index (χ1n) is 8.57. The average molecular weight is 394 g/mol. The molecule has 0 aliphatic rings. The van der Waals surface area contributed by atoms with Gasteiger partial charge < -0.3 is 19.4 Å². The summed E-state index contributed by atoms with van der Waals surface area (Å²) in [7, 11) is 7.14. The zero-order chi connectivity index (χ0) is 20.0. The van der Waals surface area contributed by atoms with Crippen molar-refractivity contribution in [1.29, 1.82) is 0 Å². The molecule has 0 fully saturated rings. The number of hydrogen-bond donors (Lipinski definition) is 0. The summed E-state index contributed by atoms with van der Waals surface area (Å²) in [6.45, 7) is 1.20. The van der Waals surface area contributed by atoms with E-state index in [9.17, 15) is 9.18 Å². The number of carbonyl (C=O) groups excluding carboxylic acids is 1. The normalized spacial score (nSPS) is 10.8. The number of anilines is 2. The SMILES string of the molecule is COc1ccc(N(C)C(=O)CN(CCN(C)C)c2cccc(Cl)c2F)cc1. The van der Waals surface area contributed by atoms with Crippen LogP contribution in [0.2, 0.25) is 5.02 Å². The number of carbonyl (C=O) groups is 1. The molecule has 1 amide bonds. The lowest BCUT2D eigenvalue weighted by molar-refractivity contribution is -0.117. The van der Waals surface area contributed by atoms with Crippen LogP contribution in [0.25, 0.3) is 0 Å². The maximum absolute atomic E-state index is 14.5. The van der Waals surface area contributed by atoms with Crippen LogP contribution in [0.4, 0.5) is 15.8 Å². The Morgan fingerprint density at radius 2 is 1.74 bits per heavy atom. The maximum atomic E-state index is 14.5. The molecule has 0 aliphatic heterocycles. The summed E-state index contributed by atoms with van der Waals surface area (Å²) in [5.41, 5.74) is 1.06. The maximum Gasteiger partial charge on any atom is 0.246 e. The number of ether oxygens (including phenoxy) is 1. The Labute approximate surface area is 164 Å². The molecule has 27 heavy (non-hydrogen) atoms. The molecule has 5 nitrogen and oxygen atoms in total. The van der Waals surface area contributed by atoms with Crippen molar-refractivity contribution in [2.45, 2.75) is 0 Å². The molecule has 0 saturated carbocycles. The Balaban J connectivity index is 2.19. The Morgan fingerprint density at radius 1 is 1.07 bits per heavy atom. The molecular formula is C20H25ClFN3O2. The number of amides is 1. The largest absolute Gasteiger partial charge is 0.497 e. The molecule has 0 unspecified atom stereocenters. The minimum absolute atomic E-state index is 0.0353. The Morgan fingerprint density at radius 3 is 2.33 bits per heavy atom. The third kappa shape index (κ3) is 5.58. The van der Waals surface area contributed by atoms with E-state index in [0.717, 1.165) is 5.69 Å². The smallest absolute Gasteiger partial charge is 0.246 e. The Bertz CT molecular complexity index is 768. The van der Waals surface area contributed by atoms with E-state index in [1.54, 1.807) is 60.4 Å². The lowest BCUT2D eigenvalue weighted by atomic mass is 10.2. The molecule has 2 aromatic carbocycles. The monoisotopic (exact) mass is 393 g/mol. The molecule has 2 rings (SSSR count). The van der Waals surface area contributed by atoms with Crippen molar-refractivity contribution in [2.24, 2.45) is 0 Å². The second-order valence-electron chi connectivity index (χ2n) is 6.45. The van der Waals surface area contributed by atoms with Crippen molar-refractivity contribution in [3.63, 3.8) is 0 Å². The summed E-state index contributed by atoms with van der Waals surface area (Å²) in [6.07, 6.45) is 0. The van der Waals surface area contributed by atoms with Gasteiger partial charge in [0.1, 0.15) is 5.75 Å². The van der Waals surface area contributed by atoms with Gasteiger partial charge >= 0.3 is 0 Å². The van der Waals surface area contributed by atoms with Gasteiger partial charge in [0.2, 0.25) is 5.91 Å². The average Bonchev–Trinajstić information content (AvgIpc) is 2.66. The quantitative estimate of drug-likeness (QED) is 0.687. The van der Waals surface area contributed by atoms with E-state index >= 15 is 0 Å². The van der Waals surface area contributed by atoms with Crippen LogP contribution in [0.15, 0.2) is 42.5 Å². The van der Waals surface area contributed by atoms with E-state index in [1.165, 1.54) is 6.07 Å². The van der Waals surface area contributed by atoms with Crippen molar-refractivity contribution in [1.82, 2.24) is 4.90 Å². The van der Waals surface area contributed by atoms with Crippen LogP contribution in [0.3, 0.4) is 0 Å². The molecule has 0 radical (unpaired) electrons. The highest BCUT2D eigenvalue weighted by atomic mass is 35.5. The Kier molecular flexibility index (Phi) is 7.45. The summed E-state index contributed by atoms with van der Waals surface area (Å²) in [6, 6.07) is 12.0. The molecule has 2 aromatic rings. The summed E-state index contributed by atoms with van der Waals surface area (Å²) < 4.78 is 19.6. The van der Waals surface area contributed by atoms with Gasteiger partial charge in [-0.05, 0) is 50.5 Å². The van der Waals surface area contributed by atoms with E-state index in [4.69, 9.17) is 16.3 Å². The number of methoxy groups -OCH3 is 1. The van der Waals surface area contributed by atoms with E-state index in [0.29, 0.717) is 24.5 Å². The molecule has 0 atom stereocenters. The standard InChI is InChI=1S/C20H25ClFN3O2/c1-23(2)12-13-25(18-7-5-6-17(21)20(18)22)14-19(26)24(3)15-8-10-16(27-4)11-9-15/h5-11H,12-14H2,1-4H3. The fraction of sp³-hybridized carbons (Fsp3) is 0.350. The lowest BCUT2D eigenvalue weighted by Gasteiger charge is -2.28. The van der Waals surface area contributed by atoms with Gasteiger partial charge in [-0.1, -0.05) is 17.7 Å². The third-order valence-corrected chi connectivity index (χ3v) is 4.54. The zero-order valence-corrected chi connectivity index (χ0v) is 16.8. The minimum Gasteiger partial charge on any atom is -0.497 e. The predicted octanol–water partition coefficient (Wildman–Crippen LogP) is 3.52. The van der Waals surface area contributed by atoms with Gasteiger partial charge in [0.05, 0.1) is 24.4 Å². The van der Waals surface area contributed by atoms with Gasteiger partial charge in [0, 0.05) is 25.8 Å². The first kappa shape index (κ1) is 21.0. The van der Waals surface area contributed by atoms with Crippen LogP contribution in [0, 0.1) is 5.82 Å². The van der Waals surface area contributed by atoms with E-state index in [2.05, 4.69) is 0 Å². The fourth-order valence-corrected chi connectivity index (χ4v) is 2.73. The van der Waals surface area contributed by atoms with Crippen LogP contribution in [0.1, 0.15) is 0 Å². The molecular weight excluding hydrogens is 369 g/mol. The number of halogens is 2. The second kappa shape index (κ2) is 9.58. The van der Waals surface area contributed by atoms with Crippen LogP contribution >= 0.6 is 11.6 Å². The third-order valence-electron chi connectivity index (χ3n) is 4.25. The summed E-state index contributed by atoms with van der Waals surface area (Å²) in [5, 5.41) is 0.0401. The van der Waals surface area contributed by atoms with Crippen LogP contribution in [0.5, 0.6) is 5.75 Å². The second-order valence-corrected chi connectivity index (χ2v) is 6.86. The lowest BCUT2D eigenvalue weighted by Crippen LogP contribution is -2.41. The highest BCUT2D eigenvalue weighted by molar-refractivity contribution is 6.31. The van der Waals surface area contributed by atoms with Crippen molar-refractivity contribution in [3.8, 4) is 5.75 Å². The first-order valence-corrected chi connectivity index (χ1v) is 8.95. The summed E-state index contributed by atoms with van der Waals surface area (Å²) in [4.78, 5) is 18.0. The Hall–Kier alpha value is -2.31. The van der Waals surface area contributed by atoms with E-state index < -0.39 is 5.82 Å². The van der Waals surface area contributed by atoms with Gasteiger partial charge in [-0.3, -0.25) is 4.79 Å². The van der Waals surface area contributed by atoms with Crippen molar-refractivity contribution >= 4 is 28.9 Å². The number of benzene rings is 2. The number of rotatable bonds is 8. The molecule has 0 bridgehead atoms. The molecule has 0 N–H and O–H groups in total. The van der Waals surface area contributed by atoms with E-state index in [1.807, 2.05) is 19.0 Å². The zero-order valence-electron chi connectivity index (χ0n) is 16.1. The van der Waals surface area contributed by atoms with Crippen LogP contribution in [-0.2, 0) is 4.79 Å². The number of hydrogen-bond acceptors (Lipinski definition) is 4. The van der Waals surface area contributed by atoms with E-state index in [-0.39, 0.29) is 17.5 Å². The molecule has 7 heteroatoms. The van der Waals surface area contributed by atoms with Crippen LogP contribution in [-0.4, -0.2) is 58.7 Å². The van der Waals surface area contributed by atoms with Gasteiger partial charge in [0.25, 0.3) is 0 Å². The van der Waals surface area contributed by atoms with Crippen LogP contribution < -0.4 is 14.5 Å². The van der Waals surface area contributed by atoms with Crippen molar-refractivity contribution in [2.75, 3.05) is 57.7 Å². The summed E-state index contributed by atoms with van der Waals surface area (Å²) >= 11 is 5.92. The van der Waals surface area contributed by atoms with Gasteiger partial charge in [-0.2, -0.15) is 0 Å².